The van der Waals surface area contributed by atoms with Crippen LogP contribution in [0.25, 0.3) is 0 Å². The third-order valence-corrected chi connectivity index (χ3v) is 3.69. The molecule has 0 radical (unpaired) electrons. The molecule has 2 rings (SSSR count). The van der Waals surface area contributed by atoms with E-state index in [4.69, 9.17) is 23.2 Å². The van der Waals surface area contributed by atoms with Crippen molar-refractivity contribution < 1.29 is 9.50 Å². The zero-order valence-corrected chi connectivity index (χ0v) is 12.1. The topological polar surface area (TPSA) is 20.2 Å². The molecule has 1 atom stereocenters. The molecule has 1 unspecified atom stereocenters. The molecule has 0 aromatic heterocycles. The molecule has 0 heterocycles. The lowest BCUT2D eigenvalue weighted by Gasteiger charge is -2.15. The summed E-state index contributed by atoms with van der Waals surface area (Å²) in [5, 5.41) is 10.9. The van der Waals surface area contributed by atoms with Gasteiger partial charge in [-0.2, -0.15) is 0 Å². The molecule has 94 valence electrons. The maximum atomic E-state index is 13.2. The van der Waals surface area contributed by atoms with Crippen LogP contribution in [0.1, 0.15) is 17.2 Å². The number of aliphatic hydroxyl groups is 1. The van der Waals surface area contributed by atoms with Gasteiger partial charge in [0.25, 0.3) is 0 Å². The van der Waals surface area contributed by atoms with Gasteiger partial charge in [0.15, 0.2) is 0 Å². The number of rotatable bonds is 2. The number of hydrogen-bond acceptors (Lipinski definition) is 1. The van der Waals surface area contributed by atoms with E-state index in [0.717, 1.165) is 4.47 Å². The summed E-state index contributed by atoms with van der Waals surface area (Å²) in [4.78, 5) is 0. The second kappa shape index (κ2) is 5.57. The van der Waals surface area contributed by atoms with Gasteiger partial charge in [-0.3, -0.25) is 0 Å². The van der Waals surface area contributed by atoms with Gasteiger partial charge in [-0.1, -0.05) is 39.1 Å². The molecule has 0 amide bonds. The van der Waals surface area contributed by atoms with Crippen molar-refractivity contribution in [3.63, 3.8) is 0 Å². The van der Waals surface area contributed by atoms with Crippen LogP contribution in [-0.4, -0.2) is 5.11 Å². The lowest BCUT2D eigenvalue weighted by atomic mass is 10.0. The Hall–Kier alpha value is -0.610. The molecule has 1 nitrogen and oxygen atoms in total. The monoisotopic (exact) mass is 348 g/mol. The molecule has 0 spiro atoms. The molecule has 1 N–H and O–H groups in total. The third kappa shape index (κ3) is 2.86. The summed E-state index contributed by atoms with van der Waals surface area (Å²) in [5.41, 5.74) is 0.759. The van der Waals surface area contributed by atoms with Crippen LogP contribution < -0.4 is 0 Å². The van der Waals surface area contributed by atoms with Crippen molar-refractivity contribution in [2.75, 3.05) is 0 Å². The largest absolute Gasteiger partial charge is 0.384 e. The van der Waals surface area contributed by atoms with Crippen molar-refractivity contribution in [2.24, 2.45) is 0 Å². The predicted octanol–water partition coefficient (Wildman–Crippen LogP) is 4.98. The molecule has 0 aliphatic heterocycles. The summed E-state index contributed by atoms with van der Waals surface area (Å²) < 4.78 is 14.0. The highest BCUT2D eigenvalue weighted by Gasteiger charge is 2.17. The summed E-state index contributed by atoms with van der Waals surface area (Å²) in [6.07, 6.45) is -1.07. The minimum atomic E-state index is -1.07. The molecule has 18 heavy (non-hydrogen) atoms. The Morgan fingerprint density at radius 3 is 2.22 bits per heavy atom. The molecule has 0 bridgehead atoms. The van der Waals surface area contributed by atoms with E-state index < -0.39 is 11.9 Å². The van der Waals surface area contributed by atoms with Gasteiger partial charge >= 0.3 is 0 Å². The maximum absolute atomic E-state index is 13.2. The average molecular weight is 350 g/mol. The van der Waals surface area contributed by atoms with Gasteiger partial charge in [0.2, 0.25) is 0 Å². The number of aliphatic hydroxyl groups excluding tert-OH is 1. The molecule has 2 aromatic rings. The van der Waals surface area contributed by atoms with Crippen molar-refractivity contribution in [3.05, 3.63) is 67.9 Å². The fourth-order valence-electron chi connectivity index (χ4n) is 1.62. The zero-order chi connectivity index (χ0) is 13.3. The van der Waals surface area contributed by atoms with E-state index in [1.54, 1.807) is 18.2 Å². The minimum Gasteiger partial charge on any atom is -0.384 e. The standard InChI is InChI=1S/C13H8BrCl2FO/c14-7-1-3-11(15)9(5-7)13(18)10-6-8(17)2-4-12(10)16/h1-6,13,18H. The number of hydrogen-bond donors (Lipinski definition) is 1. The summed E-state index contributed by atoms with van der Waals surface area (Å²) in [6.45, 7) is 0. The fraction of sp³-hybridized carbons (Fsp3) is 0.0769. The second-order valence-corrected chi connectivity index (χ2v) is 5.46. The van der Waals surface area contributed by atoms with E-state index in [2.05, 4.69) is 15.9 Å². The van der Waals surface area contributed by atoms with Gasteiger partial charge in [0.1, 0.15) is 11.9 Å². The highest BCUT2D eigenvalue weighted by atomic mass is 79.9. The Kier molecular flexibility index (Phi) is 4.28. The van der Waals surface area contributed by atoms with E-state index in [1.165, 1.54) is 18.2 Å². The van der Waals surface area contributed by atoms with Crippen LogP contribution in [0.5, 0.6) is 0 Å². The number of halogens is 4. The molecule has 0 aliphatic carbocycles. The zero-order valence-electron chi connectivity index (χ0n) is 9.00. The average Bonchev–Trinajstić information content (AvgIpc) is 2.34. The van der Waals surface area contributed by atoms with Crippen LogP contribution in [0.4, 0.5) is 4.39 Å². The summed E-state index contributed by atoms with van der Waals surface area (Å²) >= 11 is 15.3. The SMILES string of the molecule is OC(c1cc(F)ccc1Cl)c1cc(Br)ccc1Cl. The first-order valence-electron chi connectivity index (χ1n) is 5.07. The Balaban J connectivity index is 2.50. The van der Waals surface area contributed by atoms with Gasteiger partial charge in [-0.25, -0.2) is 4.39 Å². The van der Waals surface area contributed by atoms with E-state index in [-0.39, 0.29) is 5.56 Å². The van der Waals surface area contributed by atoms with E-state index in [0.29, 0.717) is 15.6 Å². The van der Waals surface area contributed by atoms with Crippen molar-refractivity contribution in [1.29, 1.82) is 0 Å². The first-order valence-corrected chi connectivity index (χ1v) is 6.62. The Morgan fingerprint density at radius 1 is 1.00 bits per heavy atom. The minimum absolute atomic E-state index is 0.289. The fourth-order valence-corrected chi connectivity index (χ4v) is 2.44. The van der Waals surface area contributed by atoms with Gasteiger partial charge in [0.05, 0.1) is 0 Å². The third-order valence-electron chi connectivity index (χ3n) is 2.51. The highest BCUT2D eigenvalue weighted by Crippen LogP contribution is 2.34. The summed E-state index contributed by atoms with van der Waals surface area (Å²) in [7, 11) is 0. The first kappa shape index (κ1) is 13.8. The molecule has 0 saturated carbocycles. The van der Waals surface area contributed by atoms with E-state index >= 15 is 0 Å². The Labute approximate surface area is 122 Å². The second-order valence-electron chi connectivity index (χ2n) is 3.73. The van der Waals surface area contributed by atoms with Gasteiger partial charge in [0, 0.05) is 25.6 Å². The molecule has 2 aromatic carbocycles. The van der Waals surface area contributed by atoms with Gasteiger partial charge in [-0.15, -0.1) is 0 Å². The van der Waals surface area contributed by atoms with Crippen molar-refractivity contribution in [2.45, 2.75) is 6.10 Å². The van der Waals surface area contributed by atoms with E-state index in [1.807, 2.05) is 0 Å². The number of benzene rings is 2. The van der Waals surface area contributed by atoms with Crippen molar-refractivity contribution in [3.8, 4) is 0 Å². The quantitative estimate of drug-likeness (QED) is 0.810. The normalized spacial score (nSPS) is 12.5. The molecule has 0 aliphatic rings. The lowest BCUT2D eigenvalue weighted by molar-refractivity contribution is 0.220. The van der Waals surface area contributed by atoms with Crippen molar-refractivity contribution in [1.82, 2.24) is 0 Å². The van der Waals surface area contributed by atoms with Crippen LogP contribution in [0, 0.1) is 5.82 Å². The molecular weight excluding hydrogens is 342 g/mol. The van der Waals surface area contributed by atoms with Gasteiger partial charge < -0.3 is 5.11 Å². The lowest BCUT2D eigenvalue weighted by Crippen LogP contribution is -2.02. The first-order chi connectivity index (χ1) is 8.49. The predicted molar refractivity (Wildman–Crippen MR) is 74.6 cm³/mol. The summed E-state index contributed by atoms with van der Waals surface area (Å²) in [6, 6.07) is 8.92. The van der Waals surface area contributed by atoms with E-state index in [9.17, 15) is 9.50 Å². The molecule has 0 fully saturated rings. The Bertz CT molecular complexity index is 538. The van der Waals surface area contributed by atoms with Crippen LogP contribution in [0.2, 0.25) is 10.0 Å². The van der Waals surface area contributed by atoms with Gasteiger partial charge in [-0.05, 0) is 36.4 Å². The highest BCUT2D eigenvalue weighted by molar-refractivity contribution is 9.10. The van der Waals surface area contributed by atoms with Crippen molar-refractivity contribution >= 4 is 39.1 Å². The maximum Gasteiger partial charge on any atom is 0.123 e. The summed E-state index contributed by atoms with van der Waals surface area (Å²) in [5.74, 6) is -0.459. The molecule has 0 saturated heterocycles. The van der Waals surface area contributed by atoms with Crippen LogP contribution in [0.15, 0.2) is 40.9 Å². The van der Waals surface area contributed by atoms with Crippen LogP contribution >= 0.6 is 39.1 Å². The van der Waals surface area contributed by atoms with Crippen LogP contribution in [0.3, 0.4) is 0 Å². The molecule has 5 heteroatoms. The molecular formula is C13H8BrCl2FO. The smallest absolute Gasteiger partial charge is 0.123 e. The van der Waals surface area contributed by atoms with Crippen LogP contribution in [-0.2, 0) is 0 Å². The Morgan fingerprint density at radius 2 is 1.56 bits per heavy atom.